The molecule has 3 aromatic rings. The highest BCUT2D eigenvalue weighted by molar-refractivity contribution is 9.10. The number of hydrogen-bond acceptors (Lipinski definition) is 6. The normalized spacial score (nSPS) is 12.5. The van der Waals surface area contributed by atoms with Gasteiger partial charge in [0.25, 0.3) is 11.8 Å². The van der Waals surface area contributed by atoms with Crippen LogP contribution in [-0.4, -0.2) is 28.2 Å². The van der Waals surface area contributed by atoms with Crippen LogP contribution in [0, 0.1) is 3.95 Å². The third-order valence-electron chi connectivity index (χ3n) is 4.25. The van der Waals surface area contributed by atoms with Crippen LogP contribution in [-0.2, 0) is 9.59 Å². The van der Waals surface area contributed by atoms with E-state index < -0.39 is 24.3 Å². The van der Waals surface area contributed by atoms with Crippen molar-refractivity contribution >= 4 is 91.7 Å². The molecule has 0 atom stereocenters. The zero-order chi connectivity index (χ0) is 23.2. The number of halogens is 4. The Labute approximate surface area is 212 Å². The van der Waals surface area contributed by atoms with E-state index in [0.717, 1.165) is 20.5 Å². The molecule has 7 nitrogen and oxygen atoms in total. The quantitative estimate of drug-likeness (QED) is 0.342. The number of carbonyl (C=O) groups excluding carboxylic acids is 2. The molecule has 1 aliphatic heterocycles. The fourth-order valence-electron chi connectivity index (χ4n) is 2.85. The van der Waals surface area contributed by atoms with Crippen LogP contribution in [0.4, 0.5) is 0 Å². The molecule has 0 unspecified atom stereocenters. The van der Waals surface area contributed by atoms with Crippen molar-refractivity contribution in [1.29, 1.82) is 0 Å². The van der Waals surface area contributed by atoms with Crippen LogP contribution in [0.3, 0.4) is 0 Å². The first-order chi connectivity index (χ1) is 15.2. The monoisotopic (exact) mass is 591 g/mol. The highest BCUT2D eigenvalue weighted by atomic mass is 79.9. The Balaban J connectivity index is 1.60. The van der Waals surface area contributed by atoms with Gasteiger partial charge >= 0.3 is 0 Å². The minimum atomic E-state index is -0.640. The fourth-order valence-corrected chi connectivity index (χ4v) is 5.06. The van der Waals surface area contributed by atoms with Gasteiger partial charge in [0.2, 0.25) is 5.88 Å². The minimum absolute atomic E-state index is 0.113. The summed E-state index contributed by atoms with van der Waals surface area (Å²) in [6.07, 6.45) is 0. The van der Waals surface area contributed by atoms with E-state index in [9.17, 15) is 14.7 Å². The predicted octanol–water partition coefficient (Wildman–Crippen LogP) is 4.22. The summed E-state index contributed by atoms with van der Waals surface area (Å²) in [6.45, 7) is -0.454. The van der Waals surface area contributed by atoms with E-state index in [1.807, 2.05) is 0 Å². The Morgan fingerprint density at radius 2 is 1.94 bits per heavy atom. The lowest BCUT2D eigenvalue weighted by Gasteiger charge is -2.11. The first-order valence-electron chi connectivity index (χ1n) is 8.61. The lowest BCUT2D eigenvalue weighted by atomic mass is 10.1. The second kappa shape index (κ2) is 9.12. The van der Waals surface area contributed by atoms with Gasteiger partial charge < -0.3 is 9.84 Å². The van der Waals surface area contributed by atoms with Crippen LogP contribution in [0.1, 0.15) is 4.88 Å². The number of nitrogens with zero attached hydrogens (tertiary/aromatic N) is 2. The second-order valence-corrected chi connectivity index (χ2v) is 10.1. The third-order valence-corrected chi connectivity index (χ3v) is 7.14. The fraction of sp³-hybridized carbons (Fsp3) is 0.0526. The number of carbonyl (C=O) groups is 2. The largest absolute Gasteiger partial charge is 0.492 e. The molecule has 2 N–H and O–H groups in total. The zero-order valence-electron chi connectivity index (χ0n) is 15.5. The summed E-state index contributed by atoms with van der Waals surface area (Å²) in [5.74, 6) is -1.39. The van der Waals surface area contributed by atoms with Gasteiger partial charge in [-0.25, -0.2) is 4.99 Å². The van der Waals surface area contributed by atoms with E-state index in [1.165, 1.54) is 12.1 Å². The van der Waals surface area contributed by atoms with Crippen LogP contribution in [0.25, 0.3) is 5.57 Å². The van der Waals surface area contributed by atoms with Gasteiger partial charge in [-0.05, 0) is 36.5 Å². The second-order valence-electron chi connectivity index (χ2n) is 6.33. The number of aromatic hydroxyl groups is 1. The number of hydrogen-bond donors (Lipinski definition) is 2. The molecule has 32 heavy (non-hydrogen) atoms. The topological polar surface area (TPSA) is 92.9 Å². The lowest BCUT2D eigenvalue weighted by Crippen LogP contribution is -2.28. The van der Waals surface area contributed by atoms with Crippen molar-refractivity contribution in [1.82, 2.24) is 4.68 Å². The minimum Gasteiger partial charge on any atom is -0.492 e. The van der Waals surface area contributed by atoms with E-state index >= 15 is 0 Å². The number of nitrogens with one attached hydrogen (secondary N) is 1. The number of thiazole rings is 1. The van der Waals surface area contributed by atoms with Crippen molar-refractivity contribution in [2.75, 3.05) is 12.0 Å². The average molecular weight is 594 g/mol. The first-order valence-corrected chi connectivity index (χ1v) is 11.8. The van der Waals surface area contributed by atoms with Crippen LogP contribution >= 0.6 is 74.3 Å². The van der Waals surface area contributed by atoms with Crippen LogP contribution < -0.4 is 20.7 Å². The Morgan fingerprint density at radius 3 is 2.69 bits per heavy atom. The van der Waals surface area contributed by atoms with Gasteiger partial charge in [0.1, 0.15) is 10.6 Å². The molecule has 0 saturated carbocycles. The van der Waals surface area contributed by atoms with Crippen LogP contribution in [0.15, 0.2) is 39.8 Å². The molecule has 0 radical (unpaired) electrons. The van der Waals surface area contributed by atoms with Crippen molar-refractivity contribution in [2.24, 2.45) is 4.99 Å². The highest BCUT2D eigenvalue weighted by Gasteiger charge is 2.26. The summed E-state index contributed by atoms with van der Waals surface area (Å²) in [4.78, 5) is 29.0. The lowest BCUT2D eigenvalue weighted by molar-refractivity contribution is -0.119. The molecule has 0 fully saturated rings. The maximum Gasteiger partial charge on any atom is 0.279 e. The molecule has 13 heteroatoms. The summed E-state index contributed by atoms with van der Waals surface area (Å²) in [5.41, 5.74) is 2.63. The van der Waals surface area contributed by atoms with E-state index in [0.29, 0.717) is 10.6 Å². The van der Waals surface area contributed by atoms with Gasteiger partial charge in [-0.2, -0.15) is 4.68 Å². The molecular weight excluding hydrogens is 585 g/mol. The van der Waals surface area contributed by atoms with Crippen LogP contribution in [0.2, 0.25) is 15.1 Å². The highest BCUT2D eigenvalue weighted by Crippen LogP contribution is 2.34. The molecule has 0 saturated heterocycles. The zero-order valence-corrected chi connectivity index (χ0v) is 21.0. The first kappa shape index (κ1) is 23.2. The number of benzene rings is 2. The molecule has 0 bridgehead atoms. The Morgan fingerprint density at radius 1 is 1.22 bits per heavy atom. The molecule has 2 aromatic carbocycles. The summed E-state index contributed by atoms with van der Waals surface area (Å²) in [7, 11) is 0. The number of aromatic nitrogens is 1. The molecule has 2 heterocycles. The summed E-state index contributed by atoms with van der Waals surface area (Å²) in [5, 5.41) is 12.4. The van der Waals surface area contributed by atoms with E-state index in [-0.39, 0.29) is 35.2 Å². The molecule has 164 valence electrons. The third kappa shape index (κ3) is 4.43. The van der Waals surface area contributed by atoms with E-state index in [4.69, 9.17) is 51.8 Å². The van der Waals surface area contributed by atoms with Gasteiger partial charge in [-0.1, -0.05) is 62.1 Å². The standard InChI is InChI=1S/C19H9BrCl3N3O4S2/c20-7-1-2-12-8(3-7)15(17(28)24-12)16-18(29)26(19(31)32-16)25-14(27)6-30-13-5-10(22)9(21)4-11(13)23/h1-5,29H,6H2,(H,25,27). The Hall–Kier alpha value is -1.95. The molecule has 2 amide bonds. The van der Waals surface area contributed by atoms with Gasteiger partial charge in [0, 0.05) is 15.8 Å². The van der Waals surface area contributed by atoms with Crippen molar-refractivity contribution in [2.45, 2.75) is 0 Å². The molecule has 1 aliphatic rings. The maximum atomic E-state index is 12.5. The van der Waals surface area contributed by atoms with E-state index in [1.54, 1.807) is 18.2 Å². The molecule has 1 aromatic heterocycles. The van der Waals surface area contributed by atoms with Gasteiger partial charge in [-0.15, -0.1) is 0 Å². The Kier molecular flexibility index (Phi) is 6.62. The van der Waals surface area contributed by atoms with Crippen molar-refractivity contribution in [3.05, 3.63) is 69.3 Å². The van der Waals surface area contributed by atoms with Gasteiger partial charge in [-0.3, -0.25) is 15.0 Å². The predicted molar refractivity (Wildman–Crippen MR) is 129 cm³/mol. The van der Waals surface area contributed by atoms with Crippen LogP contribution in [0.5, 0.6) is 11.6 Å². The molecule has 0 spiro atoms. The molecule has 4 rings (SSSR count). The van der Waals surface area contributed by atoms with Crippen molar-refractivity contribution < 1.29 is 19.4 Å². The maximum absolute atomic E-state index is 12.5. The van der Waals surface area contributed by atoms with Gasteiger partial charge in [0.05, 0.1) is 26.0 Å². The van der Waals surface area contributed by atoms with E-state index in [2.05, 4.69) is 26.3 Å². The summed E-state index contributed by atoms with van der Waals surface area (Å²) < 4.78 is 7.23. The smallest absolute Gasteiger partial charge is 0.279 e. The van der Waals surface area contributed by atoms with Crippen molar-refractivity contribution in [3.63, 3.8) is 0 Å². The Bertz CT molecular complexity index is 1490. The SMILES string of the molecule is O=C(COc1cc(Cl)c(Cl)cc1Cl)Nn1c(O)c(C2=c3cc(Br)ccc3=NC2=O)sc1=S. The molecular formula is C19H9BrCl3N3O4S2. The van der Waals surface area contributed by atoms with Gasteiger partial charge in [0.15, 0.2) is 10.6 Å². The average Bonchev–Trinajstić information content (AvgIpc) is 3.19. The number of ether oxygens (including phenoxy) is 1. The molecule has 0 aliphatic carbocycles. The van der Waals surface area contributed by atoms with Crippen molar-refractivity contribution in [3.8, 4) is 11.6 Å². The summed E-state index contributed by atoms with van der Waals surface area (Å²) >= 11 is 27.4. The number of rotatable bonds is 5. The summed E-state index contributed by atoms with van der Waals surface area (Å²) in [6, 6.07) is 7.94. The number of fused-ring (bicyclic) bond motifs is 1. The number of amides is 2.